The highest BCUT2D eigenvalue weighted by Crippen LogP contribution is 2.25. The van der Waals surface area contributed by atoms with Gasteiger partial charge in [0.2, 0.25) is 11.0 Å². The molecule has 3 aromatic rings. The number of hydrogen-bond donors (Lipinski definition) is 1. The quantitative estimate of drug-likeness (QED) is 0.684. The smallest absolute Gasteiger partial charge is 0.229 e. The number of amides is 1. The number of aromatic nitrogens is 2. The lowest BCUT2D eigenvalue weighted by molar-refractivity contribution is -0.120. The third-order valence-corrected chi connectivity index (χ3v) is 6.05. The maximum atomic E-state index is 12.6. The number of anilines is 2. The van der Waals surface area contributed by atoms with Crippen molar-refractivity contribution in [3.05, 3.63) is 71.2 Å². The molecule has 1 fully saturated rings. The average Bonchev–Trinajstić information content (AvgIpc) is 3.21. The maximum absolute atomic E-state index is 12.6. The van der Waals surface area contributed by atoms with Gasteiger partial charge in [0.05, 0.1) is 0 Å². The van der Waals surface area contributed by atoms with E-state index in [1.54, 1.807) is 0 Å². The minimum absolute atomic E-state index is 0.0385. The van der Waals surface area contributed by atoms with Crippen LogP contribution in [0.1, 0.15) is 23.4 Å². The van der Waals surface area contributed by atoms with Crippen molar-refractivity contribution in [1.82, 2.24) is 10.2 Å². The van der Waals surface area contributed by atoms with E-state index < -0.39 is 0 Å². The lowest BCUT2D eigenvalue weighted by Gasteiger charge is -2.32. The van der Waals surface area contributed by atoms with Gasteiger partial charge in [-0.05, 0) is 37.0 Å². The van der Waals surface area contributed by atoms with Crippen LogP contribution in [0.5, 0.6) is 0 Å². The van der Waals surface area contributed by atoms with Gasteiger partial charge in [0, 0.05) is 31.1 Å². The fourth-order valence-electron chi connectivity index (χ4n) is 3.55. The Morgan fingerprint density at radius 3 is 2.36 bits per heavy atom. The maximum Gasteiger partial charge on any atom is 0.229 e. The molecule has 1 saturated heterocycles. The highest BCUT2D eigenvalue weighted by atomic mass is 32.1. The molecule has 1 aromatic heterocycles. The number of para-hydroxylation sites is 1. The minimum Gasteiger partial charge on any atom is -0.371 e. The Hall–Kier alpha value is -2.73. The van der Waals surface area contributed by atoms with E-state index in [1.165, 1.54) is 22.6 Å². The Labute approximate surface area is 169 Å². The van der Waals surface area contributed by atoms with Crippen molar-refractivity contribution >= 4 is 28.1 Å². The molecule has 28 heavy (non-hydrogen) atoms. The summed E-state index contributed by atoms with van der Waals surface area (Å²) in [5.41, 5.74) is 2.52. The summed E-state index contributed by atoms with van der Waals surface area (Å²) in [6.45, 7) is 1.81. The molecule has 0 spiro atoms. The summed E-state index contributed by atoms with van der Waals surface area (Å²) in [6.07, 6.45) is 3.50. The van der Waals surface area contributed by atoms with Crippen LogP contribution in [0.4, 0.5) is 10.8 Å². The van der Waals surface area contributed by atoms with Gasteiger partial charge in [-0.2, -0.15) is 0 Å². The van der Waals surface area contributed by atoms with E-state index >= 15 is 0 Å². The van der Waals surface area contributed by atoms with Gasteiger partial charge in [0.25, 0.3) is 0 Å². The van der Waals surface area contributed by atoms with Crippen LogP contribution < -0.4 is 10.2 Å². The van der Waals surface area contributed by atoms with Gasteiger partial charge in [0.1, 0.15) is 5.01 Å². The zero-order chi connectivity index (χ0) is 19.2. The molecule has 144 valence electrons. The zero-order valence-electron chi connectivity index (χ0n) is 15.8. The fraction of sp³-hybridized carbons (Fsp3) is 0.318. The number of rotatable bonds is 6. The number of piperidine rings is 1. The lowest BCUT2D eigenvalue weighted by Crippen LogP contribution is -2.38. The Kier molecular flexibility index (Phi) is 5.97. The summed E-state index contributed by atoms with van der Waals surface area (Å²) in [5.74, 6) is 0.107. The second-order valence-corrected chi connectivity index (χ2v) is 8.13. The molecule has 2 heterocycles. The van der Waals surface area contributed by atoms with Crippen molar-refractivity contribution in [2.75, 3.05) is 23.3 Å². The molecule has 0 radical (unpaired) electrons. The van der Waals surface area contributed by atoms with Crippen molar-refractivity contribution < 1.29 is 4.79 Å². The Bertz CT molecular complexity index is 889. The highest BCUT2D eigenvalue weighted by molar-refractivity contribution is 7.15. The second kappa shape index (κ2) is 8.97. The Morgan fingerprint density at radius 2 is 1.64 bits per heavy atom. The van der Waals surface area contributed by atoms with Crippen LogP contribution in [0.3, 0.4) is 0 Å². The first-order chi connectivity index (χ1) is 13.8. The van der Waals surface area contributed by atoms with Gasteiger partial charge >= 0.3 is 0 Å². The summed E-state index contributed by atoms with van der Waals surface area (Å²) in [6, 6.07) is 20.7. The summed E-state index contributed by atoms with van der Waals surface area (Å²) in [5, 5.41) is 12.9. The average molecular weight is 393 g/mol. The Balaban J connectivity index is 1.26. The van der Waals surface area contributed by atoms with Crippen LogP contribution in [0.2, 0.25) is 0 Å². The summed E-state index contributed by atoms with van der Waals surface area (Å²) < 4.78 is 0. The molecule has 0 aliphatic carbocycles. The number of carbonyl (C=O) groups is 1. The molecule has 1 amide bonds. The van der Waals surface area contributed by atoms with Crippen LogP contribution in [0.15, 0.2) is 60.7 Å². The molecule has 2 aromatic carbocycles. The monoisotopic (exact) mass is 392 g/mol. The van der Waals surface area contributed by atoms with Crippen molar-refractivity contribution in [3.8, 4) is 0 Å². The van der Waals surface area contributed by atoms with Crippen molar-refractivity contribution in [1.29, 1.82) is 0 Å². The zero-order valence-corrected chi connectivity index (χ0v) is 16.6. The molecule has 0 atom stereocenters. The topological polar surface area (TPSA) is 58.1 Å². The van der Waals surface area contributed by atoms with Crippen molar-refractivity contribution in [2.24, 2.45) is 5.92 Å². The third-order valence-electron chi connectivity index (χ3n) is 5.15. The van der Waals surface area contributed by atoms with Crippen LogP contribution in [-0.2, 0) is 17.6 Å². The fourth-order valence-corrected chi connectivity index (χ4v) is 4.29. The number of hydrogen-bond acceptors (Lipinski definition) is 5. The van der Waals surface area contributed by atoms with E-state index in [-0.39, 0.29) is 11.8 Å². The molecule has 0 saturated carbocycles. The number of benzene rings is 2. The number of aryl methyl sites for hydroxylation is 2. The van der Waals surface area contributed by atoms with Crippen LogP contribution >= 0.6 is 11.3 Å². The van der Waals surface area contributed by atoms with E-state index in [2.05, 4.69) is 56.8 Å². The van der Waals surface area contributed by atoms with Crippen molar-refractivity contribution in [3.63, 3.8) is 0 Å². The molecule has 1 N–H and O–H groups in total. The molecule has 0 bridgehead atoms. The van der Waals surface area contributed by atoms with E-state index in [0.29, 0.717) is 5.13 Å². The normalized spacial score (nSPS) is 14.8. The SMILES string of the molecule is O=C(Nc1nnc(CCc2ccccc2)s1)C1CCN(c2ccccc2)CC1. The molecule has 1 aliphatic rings. The predicted molar refractivity (Wildman–Crippen MR) is 114 cm³/mol. The van der Waals surface area contributed by atoms with Gasteiger partial charge in [-0.1, -0.05) is 59.9 Å². The first-order valence-corrected chi connectivity index (χ1v) is 10.6. The standard InChI is InChI=1S/C22H24N4OS/c27-21(18-13-15-26(16-14-18)19-9-5-2-6-10-19)23-22-25-24-20(28-22)12-11-17-7-3-1-4-8-17/h1-10,18H,11-16H2,(H,23,25,27). The second-order valence-electron chi connectivity index (χ2n) is 7.07. The summed E-state index contributed by atoms with van der Waals surface area (Å²) in [7, 11) is 0. The molecular formula is C22H24N4OS. The molecular weight excluding hydrogens is 368 g/mol. The van der Waals surface area contributed by atoms with E-state index in [0.717, 1.165) is 43.8 Å². The number of nitrogens with one attached hydrogen (secondary N) is 1. The van der Waals surface area contributed by atoms with E-state index in [4.69, 9.17) is 0 Å². The molecule has 4 rings (SSSR count). The lowest BCUT2D eigenvalue weighted by atomic mass is 9.95. The minimum atomic E-state index is 0.0385. The Morgan fingerprint density at radius 1 is 0.964 bits per heavy atom. The first kappa shape index (κ1) is 18.6. The van der Waals surface area contributed by atoms with Gasteiger partial charge in [-0.3, -0.25) is 4.79 Å². The molecule has 0 unspecified atom stereocenters. The van der Waals surface area contributed by atoms with Crippen LogP contribution in [0.25, 0.3) is 0 Å². The molecule has 5 nitrogen and oxygen atoms in total. The number of carbonyl (C=O) groups excluding carboxylic acids is 1. The predicted octanol–water partition coefficient (Wildman–Crippen LogP) is 4.18. The van der Waals surface area contributed by atoms with Gasteiger partial charge in [-0.15, -0.1) is 10.2 Å². The van der Waals surface area contributed by atoms with Gasteiger partial charge in [0.15, 0.2) is 0 Å². The van der Waals surface area contributed by atoms with Gasteiger partial charge < -0.3 is 10.2 Å². The molecule has 6 heteroatoms. The van der Waals surface area contributed by atoms with Crippen LogP contribution in [-0.4, -0.2) is 29.2 Å². The highest BCUT2D eigenvalue weighted by Gasteiger charge is 2.25. The first-order valence-electron chi connectivity index (χ1n) is 9.75. The van der Waals surface area contributed by atoms with Gasteiger partial charge in [-0.25, -0.2) is 0 Å². The van der Waals surface area contributed by atoms with Crippen LogP contribution in [0, 0.1) is 5.92 Å². The van der Waals surface area contributed by atoms with E-state index in [9.17, 15) is 4.79 Å². The third kappa shape index (κ3) is 4.75. The summed E-state index contributed by atoms with van der Waals surface area (Å²) >= 11 is 1.48. The van der Waals surface area contributed by atoms with Crippen molar-refractivity contribution in [2.45, 2.75) is 25.7 Å². The van der Waals surface area contributed by atoms with E-state index in [1.807, 2.05) is 24.3 Å². The summed E-state index contributed by atoms with van der Waals surface area (Å²) in [4.78, 5) is 15.0. The number of nitrogens with zero attached hydrogens (tertiary/aromatic N) is 3. The largest absolute Gasteiger partial charge is 0.371 e. The molecule has 1 aliphatic heterocycles.